The molecule has 2 saturated heterocycles. The molecule has 4 amide bonds. The van der Waals surface area contributed by atoms with Crippen molar-refractivity contribution in [1.82, 2.24) is 5.01 Å². The van der Waals surface area contributed by atoms with Crippen LogP contribution < -0.4 is 4.90 Å². The molecule has 10 heteroatoms. The minimum absolute atomic E-state index is 0.0139. The van der Waals surface area contributed by atoms with Crippen molar-refractivity contribution in [1.29, 1.82) is 0 Å². The first-order valence-electron chi connectivity index (χ1n) is 14.8. The van der Waals surface area contributed by atoms with E-state index < -0.39 is 51.7 Å². The molecule has 2 heterocycles. The van der Waals surface area contributed by atoms with Crippen LogP contribution in [0.15, 0.2) is 90.0 Å². The summed E-state index contributed by atoms with van der Waals surface area (Å²) in [4.78, 5) is 68.5. The zero-order chi connectivity index (χ0) is 30.1. The molecule has 0 radical (unpaired) electrons. The summed E-state index contributed by atoms with van der Waals surface area (Å²) in [7, 11) is 0. The van der Waals surface area contributed by atoms with Gasteiger partial charge in [-0.3, -0.25) is 29.3 Å². The molecule has 0 N–H and O–H groups in total. The Hall–Kier alpha value is -5.25. The van der Waals surface area contributed by atoms with Gasteiger partial charge >= 0.3 is 0 Å². The minimum Gasteiger partial charge on any atom is -0.274 e. The van der Waals surface area contributed by atoms with Gasteiger partial charge in [-0.15, -0.1) is 0 Å². The average Bonchev–Trinajstić information content (AvgIpc) is 3.78. The van der Waals surface area contributed by atoms with Crippen LogP contribution in [0.3, 0.4) is 0 Å². The summed E-state index contributed by atoms with van der Waals surface area (Å²) in [6, 6.07) is 20.9. The Morgan fingerprint density at radius 3 is 1.93 bits per heavy atom. The van der Waals surface area contributed by atoms with Crippen molar-refractivity contribution in [2.75, 3.05) is 4.90 Å². The summed E-state index contributed by atoms with van der Waals surface area (Å²) in [5.74, 6) is -4.98. The van der Waals surface area contributed by atoms with Crippen LogP contribution in [-0.2, 0) is 24.6 Å². The van der Waals surface area contributed by atoms with Gasteiger partial charge < -0.3 is 0 Å². The summed E-state index contributed by atoms with van der Waals surface area (Å²) >= 11 is 0. The fourth-order valence-electron chi connectivity index (χ4n) is 9.24. The van der Waals surface area contributed by atoms with E-state index in [-0.39, 0.29) is 35.0 Å². The number of fused-ring (bicyclic) bond motifs is 5. The Morgan fingerprint density at radius 2 is 1.32 bits per heavy atom. The molecule has 5 aliphatic carbocycles. The number of amides is 4. The zero-order valence-electron chi connectivity index (χ0n) is 23.1. The Morgan fingerprint density at radius 1 is 0.750 bits per heavy atom. The molecular weight excluding hydrogens is 560 g/mol. The van der Waals surface area contributed by atoms with Gasteiger partial charge in [-0.1, -0.05) is 72.8 Å². The van der Waals surface area contributed by atoms with Crippen LogP contribution in [-0.4, -0.2) is 39.8 Å². The second-order valence-electron chi connectivity index (χ2n) is 12.5. The van der Waals surface area contributed by atoms with Crippen molar-refractivity contribution in [2.45, 2.75) is 17.8 Å². The quantitative estimate of drug-likeness (QED) is 0.150. The van der Waals surface area contributed by atoms with Gasteiger partial charge in [0, 0.05) is 18.2 Å². The molecular formula is C34H24N4O6. The highest BCUT2D eigenvalue weighted by molar-refractivity contribution is 6.25. The van der Waals surface area contributed by atoms with E-state index in [0.29, 0.717) is 0 Å². The summed E-state index contributed by atoms with van der Waals surface area (Å²) in [5, 5.41) is 17.6. The monoisotopic (exact) mass is 584 g/mol. The predicted molar refractivity (Wildman–Crippen MR) is 156 cm³/mol. The van der Waals surface area contributed by atoms with Crippen molar-refractivity contribution in [3.63, 3.8) is 0 Å². The highest BCUT2D eigenvalue weighted by atomic mass is 16.6. The van der Waals surface area contributed by atoms with Crippen LogP contribution in [0.4, 0.5) is 11.4 Å². The lowest BCUT2D eigenvalue weighted by Gasteiger charge is -2.52. The summed E-state index contributed by atoms with van der Waals surface area (Å²) in [6.45, 7) is 0. The van der Waals surface area contributed by atoms with E-state index in [0.717, 1.165) is 38.6 Å². The average molecular weight is 585 g/mol. The molecule has 0 aromatic heterocycles. The van der Waals surface area contributed by atoms with E-state index in [1.165, 1.54) is 24.4 Å². The predicted octanol–water partition coefficient (Wildman–Crippen LogP) is 3.94. The summed E-state index contributed by atoms with van der Waals surface area (Å²) < 4.78 is 0. The zero-order valence-corrected chi connectivity index (χ0v) is 23.1. The molecule has 10 rings (SSSR count). The van der Waals surface area contributed by atoms with Gasteiger partial charge in [0.1, 0.15) is 5.69 Å². The number of anilines is 1. The highest BCUT2D eigenvalue weighted by Gasteiger charge is 2.69. The summed E-state index contributed by atoms with van der Waals surface area (Å²) in [5.41, 5.74) is 1.49. The number of hydrazone groups is 1. The SMILES string of the molecule is O=C1[C@@H]2[C@H](C(=O)N1/N=C\C13c4ccccc4C(c4ccccc41)[C@H]1C(=O)N(c4ccccc4[N+](=O)[O-])C(=O)[C@@H]13)[C@H]1C=C[C@H]2C1. The normalized spacial score (nSPS) is 33.8. The third kappa shape index (κ3) is 2.83. The van der Waals surface area contributed by atoms with Crippen molar-refractivity contribution in [2.24, 2.45) is 40.6 Å². The first-order chi connectivity index (χ1) is 21.3. The molecule has 3 aromatic rings. The van der Waals surface area contributed by atoms with Crippen molar-refractivity contribution in [3.05, 3.63) is 117 Å². The van der Waals surface area contributed by atoms with Gasteiger partial charge in [0.25, 0.3) is 17.5 Å². The molecule has 3 aromatic carbocycles. The number of allylic oxidation sites excluding steroid dienone is 2. The molecule has 0 spiro atoms. The first kappa shape index (κ1) is 25.3. The molecule has 2 aliphatic heterocycles. The van der Waals surface area contributed by atoms with Gasteiger partial charge in [0.05, 0.1) is 34.0 Å². The lowest BCUT2D eigenvalue weighted by molar-refractivity contribution is -0.384. The van der Waals surface area contributed by atoms with E-state index in [4.69, 9.17) is 0 Å². The van der Waals surface area contributed by atoms with Crippen molar-refractivity contribution < 1.29 is 24.1 Å². The van der Waals surface area contributed by atoms with Gasteiger partial charge in [-0.2, -0.15) is 10.1 Å². The number of carbonyl (C=O) groups is 4. The molecule has 4 bridgehead atoms. The number of carbonyl (C=O) groups excluding carboxylic acids is 4. The standard InChI is InChI=1S/C34H24N4O6/c39-30-28-27-19-7-1-3-9-21(19)34(22-10-4-2-8-20(22)27,29(28)33(42)36(30)23-11-5-6-12-24(23)38(43)44)16-35-37-31(40)25-17-13-14-18(15-17)26(25)32(37)41/h1-14,16-18,25-29H,15H2/b35-16-/t17-,18-,25-,26+,27?,28+,29+,34?/m0/s1. The molecule has 44 heavy (non-hydrogen) atoms. The molecule has 10 nitrogen and oxygen atoms in total. The lowest BCUT2D eigenvalue weighted by atomic mass is 9.47. The maximum atomic E-state index is 14.6. The molecule has 216 valence electrons. The second kappa shape index (κ2) is 8.43. The molecule has 6 atom stereocenters. The number of nitrogens with zero attached hydrogens (tertiary/aromatic N) is 4. The smallest absolute Gasteiger partial charge is 0.274 e. The van der Waals surface area contributed by atoms with Crippen LogP contribution in [0.5, 0.6) is 0 Å². The third-order valence-electron chi connectivity index (χ3n) is 10.8. The number of hydrogen-bond acceptors (Lipinski definition) is 7. The third-order valence-corrected chi connectivity index (χ3v) is 10.8. The van der Waals surface area contributed by atoms with Crippen molar-refractivity contribution in [3.8, 4) is 0 Å². The minimum atomic E-state index is -1.31. The Bertz CT molecular complexity index is 1870. The maximum Gasteiger partial charge on any atom is 0.293 e. The molecule has 0 unspecified atom stereocenters. The number of rotatable bonds is 4. The lowest BCUT2D eigenvalue weighted by Crippen LogP contribution is -2.55. The van der Waals surface area contributed by atoms with Crippen molar-refractivity contribution >= 4 is 41.2 Å². The fourth-order valence-corrected chi connectivity index (χ4v) is 9.24. The van der Waals surface area contributed by atoms with Crippen LogP contribution in [0, 0.1) is 45.6 Å². The highest BCUT2D eigenvalue weighted by Crippen LogP contribution is 2.64. The molecule has 7 aliphatic rings. The topological polar surface area (TPSA) is 130 Å². The van der Waals surface area contributed by atoms with Gasteiger partial charge in [0.15, 0.2) is 0 Å². The number of imide groups is 2. The number of hydrogen-bond donors (Lipinski definition) is 0. The largest absolute Gasteiger partial charge is 0.293 e. The van der Waals surface area contributed by atoms with E-state index in [2.05, 4.69) is 5.10 Å². The molecule has 1 saturated carbocycles. The van der Waals surface area contributed by atoms with E-state index >= 15 is 0 Å². The Kier molecular flexibility index (Phi) is 4.84. The maximum absolute atomic E-state index is 14.6. The fraction of sp³-hybridized carbons (Fsp3) is 0.265. The van der Waals surface area contributed by atoms with Gasteiger partial charge in [0.2, 0.25) is 11.8 Å². The Labute approximate surface area is 250 Å². The van der Waals surface area contributed by atoms with E-state index in [1.807, 2.05) is 60.7 Å². The number of para-hydroxylation sites is 2. The molecule has 3 fully saturated rings. The number of nitro benzene ring substituents is 1. The van der Waals surface area contributed by atoms with E-state index in [1.54, 1.807) is 6.07 Å². The number of benzene rings is 3. The van der Waals surface area contributed by atoms with Gasteiger partial charge in [-0.05, 0) is 46.6 Å². The Balaban J connectivity index is 1.25. The number of nitro groups is 1. The van der Waals surface area contributed by atoms with Crippen LogP contribution in [0.2, 0.25) is 0 Å². The van der Waals surface area contributed by atoms with Gasteiger partial charge in [-0.25, -0.2) is 4.90 Å². The van der Waals surface area contributed by atoms with Crippen LogP contribution in [0.1, 0.15) is 34.6 Å². The summed E-state index contributed by atoms with van der Waals surface area (Å²) in [6.07, 6.45) is 6.35. The first-order valence-corrected chi connectivity index (χ1v) is 14.8. The van der Waals surface area contributed by atoms with Crippen LogP contribution >= 0.6 is 0 Å². The second-order valence-corrected chi connectivity index (χ2v) is 12.5. The van der Waals surface area contributed by atoms with E-state index in [9.17, 15) is 29.3 Å². The van der Waals surface area contributed by atoms with Crippen LogP contribution in [0.25, 0.3) is 0 Å².